The van der Waals surface area contributed by atoms with Gasteiger partial charge in [-0.25, -0.2) is 4.79 Å². The van der Waals surface area contributed by atoms with Gasteiger partial charge in [0, 0.05) is 12.7 Å². The van der Waals surface area contributed by atoms with E-state index >= 15 is 0 Å². The molecule has 2 heterocycles. The number of carbonyl (C=O) groups excluding carboxylic acids is 1. The van der Waals surface area contributed by atoms with Crippen molar-refractivity contribution in [2.24, 2.45) is 0 Å². The number of hydrogen-bond donors (Lipinski definition) is 1. The maximum atomic E-state index is 12.2. The molecule has 0 bridgehead atoms. The minimum Gasteiger partial charge on any atom is -0.465 e. The number of methoxy groups -OCH3 is 2. The molecule has 0 radical (unpaired) electrons. The fourth-order valence-corrected chi connectivity index (χ4v) is 3.05. The SMILES string of the molecule is COCc1c([N+](=O)[O-])c(/C=C/c2ccc(-c3ccc(C(=O)OC)cc3)o2)[nH]c(=O)c1C#N. The van der Waals surface area contributed by atoms with Crippen molar-refractivity contribution in [2.45, 2.75) is 6.61 Å². The van der Waals surface area contributed by atoms with Crippen molar-refractivity contribution >= 4 is 23.8 Å². The Morgan fingerprint density at radius 2 is 1.94 bits per heavy atom. The summed E-state index contributed by atoms with van der Waals surface area (Å²) in [5.74, 6) is 0.416. The highest BCUT2D eigenvalue weighted by molar-refractivity contribution is 5.89. The van der Waals surface area contributed by atoms with Crippen LogP contribution >= 0.6 is 0 Å². The summed E-state index contributed by atoms with van der Waals surface area (Å²) >= 11 is 0. The molecule has 2 aromatic heterocycles. The Kier molecular flexibility index (Phi) is 6.62. The number of hydrogen-bond acceptors (Lipinski definition) is 8. The van der Waals surface area contributed by atoms with Crippen molar-refractivity contribution in [1.82, 2.24) is 4.98 Å². The van der Waals surface area contributed by atoms with Gasteiger partial charge < -0.3 is 18.9 Å². The van der Waals surface area contributed by atoms with Crippen LogP contribution in [0.3, 0.4) is 0 Å². The minimum atomic E-state index is -0.754. The summed E-state index contributed by atoms with van der Waals surface area (Å²) in [7, 11) is 2.61. The van der Waals surface area contributed by atoms with Gasteiger partial charge in [0.05, 0.1) is 29.8 Å². The summed E-state index contributed by atoms with van der Waals surface area (Å²) in [5, 5.41) is 20.8. The topological polar surface area (TPSA) is 148 Å². The lowest BCUT2D eigenvalue weighted by molar-refractivity contribution is -0.386. The molecular weight excluding hydrogens is 418 g/mol. The molecule has 0 spiro atoms. The Morgan fingerprint density at radius 1 is 1.22 bits per heavy atom. The maximum absolute atomic E-state index is 12.2. The molecule has 3 aromatic rings. The second kappa shape index (κ2) is 9.55. The number of nitro groups is 1. The van der Waals surface area contributed by atoms with Crippen molar-refractivity contribution in [1.29, 1.82) is 5.26 Å². The van der Waals surface area contributed by atoms with Crippen molar-refractivity contribution in [3.05, 3.63) is 85.0 Å². The number of carbonyl (C=O) groups is 1. The summed E-state index contributed by atoms with van der Waals surface area (Å²) < 4.78 is 15.3. The summed E-state index contributed by atoms with van der Waals surface area (Å²) in [5.41, 5.74) is -0.642. The number of nitrogens with zero attached hydrogens (tertiary/aromatic N) is 2. The third kappa shape index (κ3) is 4.48. The van der Waals surface area contributed by atoms with E-state index in [9.17, 15) is 25.0 Å². The third-order valence-electron chi connectivity index (χ3n) is 4.53. The van der Waals surface area contributed by atoms with Gasteiger partial charge in [0.25, 0.3) is 11.2 Å². The van der Waals surface area contributed by atoms with E-state index < -0.39 is 22.1 Å². The zero-order valence-electron chi connectivity index (χ0n) is 17.1. The van der Waals surface area contributed by atoms with Crippen LogP contribution < -0.4 is 5.56 Å². The highest BCUT2D eigenvalue weighted by Crippen LogP contribution is 2.27. The molecular formula is C22H17N3O7. The number of furan rings is 1. The summed E-state index contributed by atoms with van der Waals surface area (Å²) in [4.78, 5) is 37.0. The number of nitrogens with one attached hydrogen (secondary N) is 1. The first kappa shape index (κ1) is 22.2. The smallest absolute Gasteiger partial charge is 0.337 e. The van der Waals surface area contributed by atoms with Crippen molar-refractivity contribution in [3.63, 3.8) is 0 Å². The van der Waals surface area contributed by atoms with Crippen LogP contribution in [-0.4, -0.2) is 30.1 Å². The molecule has 0 aliphatic rings. The molecule has 3 rings (SSSR count). The number of rotatable bonds is 7. The predicted molar refractivity (Wildman–Crippen MR) is 114 cm³/mol. The van der Waals surface area contributed by atoms with Gasteiger partial charge in [-0.2, -0.15) is 5.26 Å². The van der Waals surface area contributed by atoms with E-state index in [4.69, 9.17) is 9.15 Å². The normalized spacial score (nSPS) is 10.8. The van der Waals surface area contributed by atoms with Gasteiger partial charge in [-0.3, -0.25) is 14.9 Å². The largest absolute Gasteiger partial charge is 0.465 e. The Morgan fingerprint density at radius 3 is 2.53 bits per heavy atom. The number of ether oxygens (including phenoxy) is 2. The van der Waals surface area contributed by atoms with E-state index in [2.05, 4.69) is 9.72 Å². The molecule has 0 atom stereocenters. The Balaban J connectivity index is 1.95. The molecule has 0 saturated carbocycles. The molecule has 0 aliphatic heterocycles. The fraction of sp³-hybridized carbons (Fsp3) is 0.136. The molecule has 0 aliphatic carbocycles. The van der Waals surface area contributed by atoms with E-state index in [1.165, 1.54) is 26.4 Å². The number of H-pyrrole nitrogens is 1. The van der Waals surface area contributed by atoms with E-state index in [-0.39, 0.29) is 23.4 Å². The molecule has 1 N–H and O–H groups in total. The number of aromatic amines is 1. The monoisotopic (exact) mass is 435 g/mol. The number of benzene rings is 1. The van der Waals surface area contributed by atoms with Gasteiger partial charge in [-0.05, 0) is 36.4 Å². The van der Waals surface area contributed by atoms with Crippen LogP contribution in [0.25, 0.3) is 23.5 Å². The van der Waals surface area contributed by atoms with Gasteiger partial charge in [-0.1, -0.05) is 12.1 Å². The lowest BCUT2D eigenvalue weighted by atomic mass is 10.1. The Bertz CT molecular complexity index is 1290. The van der Waals surface area contributed by atoms with Crippen molar-refractivity contribution < 1.29 is 23.6 Å². The number of aromatic nitrogens is 1. The van der Waals surface area contributed by atoms with Crippen molar-refractivity contribution in [2.75, 3.05) is 14.2 Å². The molecule has 10 nitrogen and oxygen atoms in total. The van der Waals surface area contributed by atoms with E-state index in [0.717, 1.165) is 0 Å². The van der Waals surface area contributed by atoms with Crippen LogP contribution in [0.2, 0.25) is 0 Å². The van der Waals surface area contributed by atoms with E-state index in [1.54, 1.807) is 42.5 Å². The van der Waals surface area contributed by atoms with Gasteiger partial charge in [-0.15, -0.1) is 0 Å². The molecule has 1 aromatic carbocycles. The second-order valence-electron chi connectivity index (χ2n) is 6.48. The lowest BCUT2D eigenvalue weighted by Gasteiger charge is -2.06. The summed E-state index contributed by atoms with van der Waals surface area (Å²) in [6.07, 6.45) is 2.77. The minimum absolute atomic E-state index is 0.0913. The first-order chi connectivity index (χ1) is 15.4. The molecule has 0 amide bonds. The Hall–Kier alpha value is -4.49. The van der Waals surface area contributed by atoms with E-state index in [0.29, 0.717) is 22.6 Å². The number of nitriles is 1. The van der Waals surface area contributed by atoms with Gasteiger partial charge >= 0.3 is 5.97 Å². The maximum Gasteiger partial charge on any atom is 0.337 e. The predicted octanol–water partition coefficient (Wildman–Crippen LogP) is 3.52. The standard InChI is InChI=1S/C22H17N3O7/c1-30-12-17-16(11-23)21(26)24-18(20(17)25(28)29)9-7-15-8-10-19(32-15)13-3-5-14(6-4-13)22(27)31-2/h3-10H,12H2,1-2H3,(H,24,26)/b9-7+. The van der Waals surface area contributed by atoms with Crippen LogP contribution in [-0.2, 0) is 16.1 Å². The fourth-order valence-electron chi connectivity index (χ4n) is 3.05. The van der Waals surface area contributed by atoms with Crippen LogP contribution in [0.15, 0.2) is 45.6 Å². The summed E-state index contributed by atoms with van der Waals surface area (Å²) in [6, 6.07) is 11.6. The second-order valence-corrected chi connectivity index (χ2v) is 6.48. The molecule has 162 valence electrons. The highest BCUT2D eigenvalue weighted by atomic mass is 16.6. The van der Waals surface area contributed by atoms with Crippen LogP contribution in [0.4, 0.5) is 5.69 Å². The molecule has 32 heavy (non-hydrogen) atoms. The zero-order valence-corrected chi connectivity index (χ0v) is 17.1. The zero-order chi connectivity index (χ0) is 23.3. The first-order valence-corrected chi connectivity index (χ1v) is 9.18. The average molecular weight is 435 g/mol. The van der Waals surface area contributed by atoms with Crippen molar-refractivity contribution in [3.8, 4) is 17.4 Å². The highest BCUT2D eigenvalue weighted by Gasteiger charge is 2.25. The molecule has 0 unspecified atom stereocenters. The number of esters is 1. The van der Waals surface area contributed by atoms with Crippen LogP contribution in [0, 0.1) is 21.4 Å². The van der Waals surface area contributed by atoms with Gasteiger partial charge in [0.2, 0.25) is 0 Å². The molecule has 0 fully saturated rings. The van der Waals surface area contributed by atoms with E-state index in [1.807, 2.05) is 0 Å². The molecule has 0 saturated heterocycles. The Labute approximate surface area is 181 Å². The first-order valence-electron chi connectivity index (χ1n) is 9.18. The van der Waals surface area contributed by atoms with Gasteiger partial charge in [0.1, 0.15) is 28.8 Å². The van der Waals surface area contributed by atoms with Gasteiger partial charge in [0.15, 0.2) is 0 Å². The lowest BCUT2D eigenvalue weighted by Crippen LogP contribution is -2.18. The third-order valence-corrected chi connectivity index (χ3v) is 4.53. The van der Waals surface area contributed by atoms with Crippen LogP contribution in [0.5, 0.6) is 0 Å². The summed E-state index contributed by atoms with van der Waals surface area (Å²) in [6.45, 7) is -0.267. The number of pyridine rings is 1. The quantitative estimate of drug-likeness (QED) is 0.337. The average Bonchev–Trinajstić information content (AvgIpc) is 3.26. The molecule has 10 heteroatoms. The van der Waals surface area contributed by atoms with Crippen LogP contribution in [0.1, 0.15) is 32.9 Å².